The van der Waals surface area contributed by atoms with E-state index < -0.39 is 17.9 Å². The van der Waals surface area contributed by atoms with Crippen LogP contribution in [0.4, 0.5) is 0 Å². The van der Waals surface area contributed by atoms with Crippen LogP contribution < -0.4 is 36.7 Å². The standard InChI is InChI=1S/C32H32N10O6/c1-17-39-25-28(42(17)22(27(35)43)11-6-14-38-31(36)37)40-32(41-29(25)47-21-10-5-7-19(15-21)30(44)45)48-24-16-18(26(33)34)12-13-23(24)46-20-8-3-2-4-9-20/h2-5,7-10,12-13,15-16,22H,6,11,14H2,1H3,(H3,33,34)(H2,35,43)(H,44,45)(H4,36,37,38). The number of hydrogen-bond acceptors (Lipinski definition) is 10. The lowest BCUT2D eigenvalue weighted by Crippen LogP contribution is -2.32. The molecule has 0 spiro atoms. The zero-order valence-electron chi connectivity index (χ0n) is 25.6. The number of fused-ring (bicyclic) bond motifs is 1. The van der Waals surface area contributed by atoms with Gasteiger partial charge < -0.3 is 41.8 Å². The molecule has 2 heterocycles. The third-order valence-corrected chi connectivity index (χ3v) is 7.00. The Labute approximate surface area is 273 Å². The quantitative estimate of drug-likeness (QED) is 0.0513. The van der Waals surface area contributed by atoms with E-state index in [4.69, 9.17) is 42.2 Å². The molecule has 10 N–H and O–H groups in total. The summed E-state index contributed by atoms with van der Waals surface area (Å²) in [5, 5.41) is 27.5. The predicted molar refractivity (Wildman–Crippen MR) is 175 cm³/mol. The maximum Gasteiger partial charge on any atom is 0.335 e. The summed E-state index contributed by atoms with van der Waals surface area (Å²) >= 11 is 0. The molecule has 0 aliphatic rings. The Morgan fingerprint density at radius 1 is 0.875 bits per heavy atom. The second-order valence-corrected chi connectivity index (χ2v) is 10.4. The number of aromatic nitrogens is 4. The molecule has 0 aliphatic heterocycles. The third-order valence-electron chi connectivity index (χ3n) is 7.00. The minimum atomic E-state index is -1.16. The first kappa shape index (κ1) is 32.7. The van der Waals surface area contributed by atoms with Crippen LogP contribution in [-0.2, 0) is 4.79 Å². The van der Waals surface area contributed by atoms with Crippen LogP contribution in [-0.4, -0.2) is 54.8 Å². The van der Waals surface area contributed by atoms with Crippen LogP contribution in [0.3, 0.4) is 0 Å². The van der Waals surface area contributed by atoms with Crippen LogP contribution in [0.25, 0.3) is 11.2 Å². The van der Waals surface area contributed by atoms with Crippen molar-refractivity contribution >= 4 is 34.8 Å². The van der Waals surface area contributed by atoms with Gasteiger partial charge in [-0.05, 0) is 68.3 Å². The van der Waals surface area contributed by atoms with E-state index in [9.17, 15) is 14.7 Å². The summed E-state index contributed by atoms with van der Waals surface area (Å²) in [5.41, 5.74) is 17.6. The number of nitrogens with zero attached hydrogens (tertiary/aromatic N) is 4. The van der Waals surface area contributed by atoms with Crippen LogP contribution in [0, 0.1) is 17.7 Å². The van der Waals surface area contributed by atoms with Crippen molar-refractivity contribution in [3.05, 3.63) is 89.7 Å². The molecule has 2 aromatic heterocycles. The molecule has 1 unspecified atom stereocenters. The number of aromatic carboxylic acids is 1. The number of nitrogen functional groups attached to an aromatic ring is 1. The number of rotatable bonds is 14. The molecule has 0 bridgehead atoms. The Balaban J connectivity index is 1.63. The molecule has 0 fully saturated rings. The van der Waals surface area contributed by atoms with Crippen molar-refractivity contribution in [3.8, 4) is 34.9 Å². The summed E-state index contributed by atoms with van der Waals surface area (Å²) < 4.78 is 19.8. The van der Waals surface area contributed by atoms with Gasteiger partial charge in [-0.25, -0.2) is 9.78 Å². The van der Waals surface area contributed by atoms with E-state index >= 15 is 0 Å². The van der Waals surface area contributed by atoms with Crippen molar-refractivity contribution in [2.24, 2.45) is 17.2 Å². The Morgan fingerprint density at radius 3 is 2.31 bits per heavy atom. The Hall–Kier alpha value is -6.71. The monoisotopic (exact) mass is 652 g/mol. The molecule has 0 saturated heterocycles. The Bertz CT molecular complexity index is 2010. The van der Waals surface area contributed by atoms with Crippen molar-refractivity contribution in [1.82, 2.24) is 24.8 Å². The second-order valence-electron chi connectivity index (χ2n) is 10.4. The van der Waals surface area contributed by atoms with E-state index in [2.05, 4.69) is 20.3 Å². The second kappa shape index (κ2) is 14.2. The molecule has 16 nitrogen and oxygen atoms in total. The molecule has 246 valence electrons. The minimum absolute atomic E-state index is 0.0207. The van der Waals surface area contributed by atoms with Crippen LogP contribution in [0.5, 0.6) is 34.9 Å². The molecule has 0 aliphatic carbocycles. The molecule has 5 rings (SSSR count). The first-order chi connectivity index (χ1) is 23.0. The summed E-state index contributed by atoms with van der Waals surface area (Å²) in [4.78, 5) is 38.0. The van der Waals surface area contributed by atoms with E-state index in [0.29, 0.717) is 30.1 Å². The molecule has 16 heteroatoms. The summed E-state index contributed by atoms with van der Waals surface area (Å²) in [6, 6.07) is 18.2. The number of carbonyl (C=O) groups excluding carboxylic acids is 1. The summed E-state index contributed by atoms with van der Waals surface area (Å²) in [7, 11) is 0. The fourth-order valence-corrected chi connectivity index (χ4v) is 4.80. The van der Waals surface area contributed by atoms with Gasteiger partial charge in [-0.3, -0.25) is 20.2 Å². The van der Waals surface area contributed by atoms with Gasteiger partial charge in [0.25, 0.3) is 5.88 Å². The number of carboxylic acids is 1. The number of aryl methyl sites for hydroxylation is 1. The van der Waals surface area contributed by atoms with Gasteiger partial charge in [0, 0.05) is 12.1 Å². The zero-order chi connectivity index (χ0) is 34.4. The van der Waals surface area contributed by atoms with E-state index in [1.165, 1.54) is 28.8 Å². The van der Waals surface area contributed by atoms with E-state index in [1.807, 2.05) is 6.07 Å². The normalized spacial score (nSPS) is 11.4. The molecule has 48 heavy (non-hydrogen) atoms. The highest BCUT2D eigenvalue weighted by Gasteiger charge is 2.27. The van der Waals surface area contributed by atoms with Crippen molar-refractivity contribution in [3.63, 3.8) is 0 Å². The molecular weight excluding hydrogens is 620 g/mol. The summed E-state index contributed by atoms with van der Waals surface area (Å²) in [6.07, 6.45) is 0.665. The largest absolute Gasteiger partial charge is 0.478 e. The number of hydrogen-bond donors (Lipinski definition) is 7. The fourth-order valence-electron chi connectivity index (χ4n) is 4.80. The number of nitrogens with one attached hydrogen (secondary N) is 3. The van der Waals surface area contributed by atoms with Crippen molar-refractivity contribution < 1.29 is 28.9 Å². The van der Waals surface area contributed by atoms with Crippen molar-refractivity contribution in [2.75, 3.05) is 6.54 Å². The summed E-state index contributed by atoms with van der Waals surface area (Å²) in [5.74, 6) is -0.980. The van der Waals surface area contributed by atoms with Gasteiger partial charge in [-0.2, -0.15) is 9.97 Å². The SMILES string of the molecule is Cc1nc2c(Oc3cccc(C(=O)O)c3)nc(Oc3cc(C(=N)N)ccc3Oc3ccccc3)nc2n1C(CCCNC(=N)N)C(N)=O. The third kappa shape index (κ3) is 7.56. The lowest BCUT2D eigenvalue weighted by molar-refractivity contribution is -0.121. The maximum absolute atomic E-state index is 12.8. The fraction of sp³-hybridized carbons (Fsp3) is 0.156. The number of guanidine groups is 1. The smallest absolute Gasteiger partial charge is 0.335 e. The Morgan fingerprint density at radius 2 is 1.62 bits per heavy atom. The first-order valence-electron chi connectivity index (χ1n) is 14.5. The van der Waals surface area contributed by atoms with Crippen LogP contribution in [0.1, 0.15) is 40.6 Å². The van der Waals surface area contributed by atoms with Crippen LogP contribution >= 0.6 is 0 Å². The number of carbonyl (C=O) groups is 2. The topological polar surface area (TPSA) is 263 Å². The van der Waals surface area contributed by atoms with Crippen LogP contribution in [0.15, 0.2) is 72.8 Å². The number of primary amides is 1. The van der Waals surface area contributed by atoms with E-state index in [-0.39, 0.29) is 64.1 Å². The summed E-state index contributed by atoms with van der Waals surface area (Å²) in [6.45, 7) is 1.97. The highest BCUT2D eigenvalue weighted by Crippen LogP contribution is 2.38. The highest BCUT2D eigenvalue weighted by molar-refractivity contribution is 5.95. The van der Waals surface area contributed by atoms with Crippen LogP contribution in [0.2, 0.25) is 0 Å². The molecular formula is C32H32N10O6. The number of ether oxygens (including phenoxy) is 3. The lowest BCUT2D eigenvalue weighted by atomic mass is 10.1. The van der Waals surface area contributed by atoms with Gasteiger partial charge in [0.15, 0.2) is 28.6 Å². The first-order valence-corrected chi connectivity index (χ1v) is 14.5. The van der Waals surface area contributed by atoms with Crippen molar-refractivity contribution in [2.45, 2.75) is 25.8 Å². The lowest BCUT2D eigenvalue weighted by Gasteiger charge is -2.18. The number of para-hydroxylation sites is 1. The van der Waals surface area contributed by atoms with Gasteiger partial charge >= 0.3 is 12.0 Å². The molecule has 0 radical (unpaired) electrons. The van der Waals surface area contributed by atoms with Gasteiger partial charge in [0.05, 0.1) is 5.56 Å². The number of amides is 1. The Kier molecular flexibility index (Phi) is 9.64. The molecule has 1 amide bonds. The highest BCUT2D eigenvalue weighted by atomic mass is 16.5. The maximum atomic E-state index is 12.8. The van der Waals surface area contributed by atoms with Gasteiger partial charge in [-0.1, -0.05) is 24.3 Å². The van der Waals surface area contributed by atoms with Gasteiger partial charge in [0.2, 0.25) is 5.91 Å². The van der Waals surface area contributed by atoms with Gasteiger partial charge in [0.1, 0.15) is 29.2 Å². The molecule has 1 atom stereocenters. The average Bonchev–Trinajstić information content (AvgIpc) is 3.37. The average molecular weight is 653 g/mol. The number of amidine groups is 1. The van der Waals surface area contributed by atoms with E-state index in [0.717, 1.165) is 0 Å². The molecule has 3 aromatic carbocycles. The van der Waals surface area contributed by atoms with E-state index in [1.54, 1.807) is 49.4 Å². The van der Waals surface area contributed by atoms with Crippen molar-refractivity contribution in [1.29, 1.82) is 10.8 Å². The molecule has 5 aromatic rings. The zero-order valence-corrected chi connectivity index (χ0v) is 25.6. The molecule has 0 saturated carbocycles. The number of carboxylic acid groups (broad SMARTS) is 1. The van der Waals surface area contributed by atoms with Gasteiger partial charge in [-0.15, -0.1) is 0 Å². The number of benzene rings is 3. The number of imidazole rings is 1. The number of nitrogens with two attached hydrogens (primary N) is 3. The minimum Gasteiger partial charge on any atom is -0.478 e. The predicted octanol–water partition coefficient (Wildman–Crippen LogP) is 3.78.